The quantitative estimate of drug-likeness (QED) is 0.142. The Bertz CT molecular complexity index is 1480. The second-order valence-corrected chi connectivity index (χ2v) is 10.6. The molecule has 0 aromatic heterocycles. The fourth-order valence-corrected chi connectivity index (χ4v) is 5.17. The topological polar surface area (TPSA) is 65.1 Å². The number of rotatable bonds is 8. The molecule has 0 unspecified atom stereocenters. The van der Waals surface area contributed by atoms with E-state index in [4.69, 9.17) is 14.2 Å². The van der Waals surface area contributed by atoms with Gasteiger partial charge in [0.05, 0.1) is 36.5 Å². The number of hydrogen-bond donors (Lipinski definition) is 0. The number of alkyl halides is 6. The van der Waals surface area contributed by atoms with E-state index in [0.717, 1.165) is 0 Å². The standard InChI is InChI=1S/C33H31F6NO5/c1-22(25-16-27(32(34,35)36)18-28(17-25)33(37,38)39)45-21-31(26-11-7-4-8-12-26)14-13-24(15-29(41)43-2)19-40(31)30(42)44-20-23-9-5-3-6-10-23/h3-12,15-18,22H,13-14,19-21H2,1-2H3/b24-15+/t22-,31-/m1/s1. The zero-order chi connectivity index (χ0) is 32.8. The van der Waals surface area contributed by atoms with Gasteiger partial charge in [0, 0.05) is 12.6 Å². The zero-order valence-corrected chi connectivity index (χ0v) is 24.5. The smallest absolute Gasteiger partial charge is 0.416 e. The van der Waals surface area contributed by atoms with Gasteiger partial charge in [0.15, 0.2) is 0 Å². The van der Waals surface area contributed by atoms with Crippen molar-refractivity contribution in [3.63, 3.8) is 0 Å². The van der Waals surface area contributed by atoms with Crippen LogP contribution in [-0.4, -0.2) is 37.2 Å². The molecule has 1 aliphatic heterocycles. The van der Waals surface area contributed by atoms with Crippen LogP contribution in [0.4, 0.5) is 31.1 Å². The van der Waals surface area contributed by atoms with Gasteiger partial charge in [-0.25, -0.2) is 9.59 Å². The van der Waals surface area contributed by atoms with Gasteiger partial charge in [-0.3, -0.25) is 4.90 Å². The number of carbonyl (C=O) groups excluding carboxylic acids is 2. The first kappa shape index (κ1) is 33.6. The Balaban J connectivity index is 1.71. The summed E-state index contributed by atoms with van der Waals surface area (Å²) in [5, 5.41) is 0. The third-order valence-electron chi connectivity index (χ3n) is 7.65. The van der Waals surface area contributed by atoms with Crippen molar-refractivity contribution in [3.05, 3.63) is 118 Å². The lowest BCUT2D eigenvalue weighted by Crippen LogP contribution is -2.56. The number of halogens is 6. The van der Waals surface area contributed by atoms with Gasteiger partial charge >= 0.3 is 24.4 Å². The van der Waals surface area contributed by atoms with Crippen molar-refractivity contribution in [2.75, 3.05) is 20.3 Å². The van der Waals surface area contributed by atoms with E-state index in [1.807, 2.05) is 0 Å². The lowest BCUT2D eigenvalue weighted by molar-refractivity contribution is -0.143. The molecule has 1 amide bonds. The zero-order valence-electron chi connectivity index (χ0n) is 24.5. The number of esters is 1. The third kappa shape index (κ3) is 8.24. The summed E-state index contributed by atoms with van der Waals surface area (Å²) >= 11 is 0. The number of likely N-dealkylation sites (tertiary alicyclic amines) is 1. The van der Waals surface area contributed by atoms with Crippen LogP contribution in [0.2, 0.25) is 0 Å². The van der Waals surface area contributed by atoms with Crippen molar-refractivity contribution in [2.24, 2.45) is 0 Å². The van der Waals surface area contributed by atoms with Crippen LogP contribution < -0.4 is 0 Å². The van der Waals surface area contributed by atoms with E-state index in [0.29, 0.717) is 35.3 Å². The Morgan fingerprint density at radius 3 is 2.04 bits per heavy atom. The molecule has 0 spiro atoms. The number of nitrogens with zero attached hydrogens (tertiary/aromatic N) is 1. The summed E-state index contributed by atoms with van der Waals surface area (Å²) in [7, 11) is 1.22. The monoisotopic (exact) mass is 635 g/mol. The van der Waals surface area contributed by atoms with E-state index < -0.39 is 47.2 Å². The first-order valence-electron chi connectivity index (χ1n) is 13.9. The first-order chi connectivity index (χ1) is 21.2. The number of benzene rings is 3. The number of methoxy groups -OCH3 is 1. The van der Waals surface area contributed by atoms with Crippen LogP contribution in [0.15, 0.2) is 90.5 Å². The van der Waals surface area contributed by atoms with E-state index in [1.54, 1.807) is 60.7 Å². The van der Waals surface area contributed by atoms with Gasteiger partial charge in [0.25, 0.3) is 0 Å². The van der Waals surface area contributed by atoms with Crippen molar-refractivity contribution in [1.82, 2.24) is 4.90 Å². The molecule has 3 aromatic carbocycles. The molecule has 3 aromatic rings. The lowest BCUT2D eigenvalue weighted by atomic mass is 9.79. The Hall–Kier alpha value is -4.32. The molecule has 240 valence electrons. The molecule has 1 heterocycles. The average Bonchev–Trinajstić information content (AvgIpc) is 3.02. The minimum absolute atomic E-state index is 0.0580. The maximum Gasteiger partial charge on any atom is 0.416 e. The maximum absolute atomic E-state index is 13.7. The van der Waals surface area contributed by atoms with Crippen molar-refractivity contribution >= 4 is 12.1 Å². The first-order valence-corrected chi connectivity index (χ1v) is 13.9. The van der Waals surface area contributed by atoms with Gasteiger partial charge in [-0.15, -0.1) is 0 Å². The predicted molar refractivity (Wildman–Crippen MR) is 152 cm³/mol. The maximum atomic E-state index is 13.7. The summed E-state index contributed by atoms with van der Waals surface area (Å²) in [6, 6.07) is 18.9. The molecule has 0 N–H and O–H groups in total. The molecule has 0 radical (unpaired) electrons. The normalized spacial score (nSPS) is 18.8. The largest absolute Gasteiger partial charge is 0.466 e. The highest BCUT2D eigenvalue weighted by Gasteiger charge is 2.46. The number of ether oxygens (including phenoxy) is 3. The molecule has 0 aliphatic carbocycles. The molecule has 1 saturated heterocycles. The Labute approximate surface area is 256 Å². The van der Waals surface area contributed by atoms with Gasteiger partial charge in [-0.05, 0) is 60.2 Å². The van der Waals surface area contributed by atoms with Crippen molar-refractivity contribution in [2.45, 2.75) is 50.4 Å². The molecule has 2 atom stereocenters. The minimum atomic E-state index is -5.02. The SMILES string of the molecule is COC(=O)/C=C1\CC[C@@](CO[C@H](C)c2cc(C(F)(F)F)cc(C(F)(F)F)c2)(c2ccccc2)N(C(=O)OCc2ccccc2)C1. The molecular formula is C33H31F6NO5. The molecule has 0 saturated carbocycles. The van der Waals surface area contributed by atoms with Crippen molar-refractivity contribution < 1.29 is 50.1 Å². The Morgan fingerprint density at radius 1 is 0.911 bits per heavy atom. The fourth-order valence-electron chi connectivity index (χ4n) is 5.17. The van der Waals surface area contributed by atoms with Crippen LogP contribution in [0.25, 0.3) is 0 Å². The van der Waals surface area contributed by atoms with E-state index in [2.05, 4.69) is 0 Å². The van der Waals surface area contributed by atoms with E-state index >= 15 is 0 Å². The highest BCUT2D eigenvalue weighted by Crippen LogP contribution is 2.42. The molecule has 6 nitrogen and oxygen atoms in total. The highest BCUT2D eigenvalue weighted by atomic mass is 19.4. The van der Waals surface area contributed by atoms with E-state index in [9.17, 15) is 35.9 Å². The van der Waals surface area contributed by atoms with E-state index in [1.165, 1.54) is 25.0 Å². The second kappa shape index (κ2) is 13.8. The number of hydrogen-bond acceptors (Lipinski definition) is 5. The molecule has 0 bridgehead atoms. The van der Waals surface area contributed by atoms with Gasteiger partial charge < -0.3 is 14.2 Å². The summed E-state index contributed by atoms with van der Waals surface area (Å²) in [6.07, 6.45) is -10.2. The molecule has 1 aliphatic rings. The minimum Gasteiger partial charge on any atom is -0.466 e. The molecule has 45 heavy (non-hydrogen) atoms. The molecule has 1 fully saturated rings. The van der Waals surface area contributed by atoms with Gasteiger partial charge in [0.2, 0.25) is 0 Å². The predicted octanol–water partition coefficient (Wildman–Crippen LogP) is 8.23. The van der Waals surface area contributed by atoms with Crippen LogP contribution >= 0.6 is 0 Å². The molecule has 12 heteroatoms. The summed E-state index contributed by atoms with van der Waals surface area (Å²) in [5.41, 5.74) is -2.62. The third-order valence-corrected chi connectivity index (χ3v) is 7.65. The van der Waals surface area contributed by atoms with Crippen LogP contribution in [0.3, 0.4) is 0 Å². The van der Waals surface area contributed by atoms with Gasteiger partial charge in [-0.1, -0.05) is 60.7 Å². The van der Waals surface area contributed by atoms with Crippen LogP contribution in [0, 0.1) is 0 Å². The summed E-state index contributed by atoms with van der Waals surface area (Å²) in [5.74, 6) is -0.621. The van der Waals surface area contributed by atoms with E-state index in [-0.39, 0.29) is 37.8 Å². The number of carbonyl (C=O) groups is 2. The van der Waals surface area contributed by atoms with Crippen LogP contribution in [0.5, 0.6) is 0 Å². The lowest BCUT2D eigenvalue weighted by Gasteiger charge is -2.47. The molecular weight excluding hydrogens is 604 g/mol. The van der Waals surface area contributed by atoms with Crippen LogP contribution in [0.1, 0.15) is 53.7 Å². The average molecular weight is 636 g/mol. The van der Waals surface area contributed by atoms with Crippen molar-refractivity contribution in [1.29, 1.82) is 0 Å². The Kier molecular flexibility index (Phi) is 10.3. The highest BCUT2D eigenvalue weighted by molar-refractivity contribution is 5.83. The number of piperidine rings is 1. The Morgan fingerprint density at radius 2 is 1.49 bits per heavy atom. The number of amides is 1. The summed E-state index contributed by atoms with van der Waals surface area (Å²) < 4.78 is 97.7. The molecule has 4 rings (SSSR count). The van der Waals surface area contributed by atoms with Crippen LogP contribution in [-0.2, 0) is 43.5 Å². The fraction of sp³-hybridized carbons (Fsp3) is 0.333. The summed E-state index contributed by atoms with van der Waals surface area (Å²) in [4.78, 5) is 27.2. The van der Waals surface area contributed by atoms with Gasteiger partial charge in [-0.2, -0.15) is 26.3 Å². The van der Waals surface area contributed by atoms with Crippen molar-refractivity contribution in [3.8, 4) is 0 Å². The second-order valence-electron chi connectivity index (χ2n) is 10.6. The van der Waals surface area contributed by atoms with Gasteiger partial charge in [0.1, 0.15) is 6.61 Å². The summed E-state index contributed by atoms with van der Waals surface area (Å²) in [6.45, 7) is 0.898.